The monoisotopic (exact) mass is 358 g/mol. The number of anilines is 1. The highest BCUT2D eigenvalue weighted by Gasteiger charge is 2.50. The van der Waals surface area contributed by atoms with Crippen molar-refractivity contribution in [1.82, 2.24) is 4.90 Å². The summed E-state index contributed by atoms with van der Waals surface area (Å²) in [6.45, 7) is 6.89. The topological polar surface area (TPSA) is 58.6 Å². The second kappa shape index (κ2) is 8.11. The molecule has 1 saturated carbocycles. The van der Waals surface area contributed by atoms with Gasteiger partial charge >= 0.3 is 0 Å². The molecule has 0 radical (unpaired) electrons. The standard InChI is InChI=1S/C21H30N2O3/c1-4-15-9-7-8-12-23(15)21(25)17-13-16(17)20(24)22-18-10-5-6-11-19(18)26-14(2)3/h5-6,10-11,14-17H,4,7-9,12-13H2,1-3H3,(H,22,24). The van der Waals surface area contributed by atoms with Gasteiger partial charge in [0.25, 0.3) is 0 Å². The number of hydrogen-bond acceptors (Lipinski definition) is 3. The second-order valence-electron chi connectivity index (χ2n) is 7.69. The molecule has 2 amide bonds. The molecular formula is C21H30N2O3. The number of ether oxygens (including phenoxy) is 1. The molecule has 3 atom stereocenters. The van der Waals surface area contributed by atoms with Crippen LogP contribution in [0.1, 0.15) is 52.9 Å². The Morgan fingerprint density at radius 3 is 2.73 bits per heavy atom. The summed E-state index contributed by atoms with van der Waals surface area (Å²) in [5.74, 6) is 0.396. The quantitative estimate of drug-likeness (QED) is 0.840. The van der Waals surface area contributed by atoms with E-state index in [1.54, 1.807) is 0 Å². The van der Waals surface area contributed by atoms with Crippen LogP contribution in [-0.2, 0) is 9.59 Å². The van der Waals surface area contributed by atoms with Crippen LogP contribution in [0.15, 0.2) is 24.3 Å². The van der Waals surface area contributed by atoms with Crippen molar-refractivity contribution >= 4 is 17.5 Å². The Kier molecular flexibility index (Phi) is 5.84. The molecule has 2 fully saturated rings. The highest BCUT2D eigenvalue weighted by atomic mass is 16.5. The highest BCUT2D eigenvalue weighted by Crippen LogP contribution is 2.42. The third-order valence-electron chi connectivity index (χ3n) is 5.33. The first-order valence-electron chi connectivity index (χ1n) is 9.88. The van der Waals surface area contributed by atoms with Crippen LogP contribution in [0.5, 0.6) is 5.75 Å². The van der Waals surface area contributed by atoms with Gasteiger partial charge in [0.2, 0.25) is 11.8 Å². The Bertz CT molecular complexity index is 658. The van der Waals surface area contributed by atoms with Crippen molar-refractivity contribution in [2.75, 3.05) is 11.9 Å². The first-order chi connectivity index (χ1) is 12.5. The molecule has 1 saturated heterocycles. The van der Waals surface area contributed by atoms with Crippen molar-refractivity contribution < 1.29 is 14.3 Å². The van der Waals surface area contributed by atoms with E-state index < -0.39 is 0 Å². The van der Waals surface area contributed by atoms with Gasteiger partial charge in [-0.15, -0.1) is 0 Å². The number of hydrogen-bond donors (Lipinski definition) is 1. The predicted molar refractivity (Wildman–Crippen MR) is 102 cm³/mol. The van der Waals surface area contributed by atoms with Crippen molar-refractivity contribution in [2.45, 2.75) is 65.0 Å². The number of carbonyl (C=O) groups is 2. The lowest BCUT2D eigenvalue weighted by Gasteiger charge is -2.35. The minimum atomic E-state index is -0.214. The number of carbonyl (C=O) groups excluding carboxylic acids is 2. The normalized spacial score (nSPS) is 25.1. The van der Waals surface area contributed by atoms with Crippen LogP contribution >= 0.6 is 0 Å². The van der Waals surface area contributed by atoms with Crippen molar-refractivity contribution in [3.8, 4) is 5.75 Å². The van der Waals surface area contributed by atoms with Gasteiger partial charge < -0.3 is 15.0 Å². The van der Waals surface area contributed by atoms with Gasteiger partial charge in [0.1, 0.15) is 5.75 Å². The molecule has 0 aromatic heterocycles. The predicted octanol–water partition coefficient (Wildman–Crippen LogP) is 3.84. The fourth-order valence-electron chi connectivity index (χ4n) is 3.84. The maximum Gasteiger partial charge on any atom is 0.228 e. The number of amides is 2. The lowest BCUT2D eigenvalue weighted by Crippen LogP contribution is -2.44. The third kappa shape index (κ3) is 4.19. The smallest absolute Gasteiger partial charge is 0.228 e. The Morgan fingerprint density at radius 1 is 1.23 bits per heavy atom. The Morgan fingerprint density at radius 2 is 2.00 bits per heavy atom. The molecule has 1 aliphatic heterocycles. The van der Waals surface area contributed by atoms with E-state index in [-0.39, 0.29) is 29.8 Å². The first-order valence-corrected chi connectivity index (χ1v) is 9.88. The highest BCUT2D eigenvalue weighted by molar-refractivity contribution is 6.00. The lowest BCUT2D eigenvalue weighted by atomic mass is 9.99. The number of benzene rings is 1. The number of nitrogens with one attached hydrogen (secondary N) is 1. The zero-order chi connectivity index (χ0) is 18.7. The summed E-state index contributed by atoms with van der Waals surface area (Å²) in [4.78, 5) is 27.5. The van der Waals surface area contributed by atoms with E-state index >= 15 is 0 Å². The van der Waals surface area contributed by atoms with E-state index in [0.717, 1.165) is 25.8 Å². The van der Waals surface area contributed by atoms with E-state index in [0.29, 0.717) is 23.9 Å². The van der Waals surface area contributed by atoms with Crippen LogP contribution in [0.25, 0.3) is 0 Å². The molecule has 0 spiro atoms. The van der Waals surface area contributed by atoms with Crippen molar-refractivity contribution in [1.29, 1.82) is 0 Å². The number of piperidine rings is 1. The summed E-state index contributed by atoms with van der Waals surface area (Å²) in [7, 11) is 0. The van der Waals surface area contributed by atoms with Gasteiger partial charge in [0, 0.05) is 12.6 Å². The number of nitrogens with zero attached hydrogens (tertiary/aromatic N) is 1. The van der Waals surface area contributed by atoms with Gasteiger partial charge in [-0.05, 0) is 58.1 Å². The molecule has 1 aromatic rings. The molecule has 142 valence electrons. The van der Waals surface area contributed by atoms with Gasteiger partial charge in [-0.1, -0.05) is 19.1 Å². The van der Waals surface area contributed by atoms with Crippen LogP contribution in [0, 0.1) is 11.8 Å². The summed E-state index contributed by atoms with van der Waals surface area (Å²) < 4.78 is 5.75. The van der Waals surface area contributed by atoms with E-state index in [2.05, 4.69) is 12.2 Å². The van der Waals surface area contributed by atoms with Gasteiger partial charge in [-0.3, -0.25) is 9.59 Å². The molecule has 26 heavy (non-hydrogen) atoms. The largest absolute Gasteiger partial charge is 0.489 e. The Balaban J connectivity index is 1.60. The molecule has 1 aliphatic carbocycles. The molecule has 2 aliphatic rings. The van der Waals surface area contributed by atoms with Crippen LogP contribution in [-0.4, -0.2) is 35.4 Å². The molecule has 1 heterocycles. The summed E-state index contributed by atoms with van der Waals surface area (Å²) in [5, 5.41) is 2.96. The van der Waals surface area contributed by atoms with Crippen molar-refractivity contribution in [3.05, 3.63) is 24.3 Å². The molecule has 3 rings (SSSR count). The molecule has 5 nitrogen and oxygen atoms in total. The van der Waals surface area contributed by atoms with Crippen LogP contribution < -0.4 is 10.1 Å². The number of para-hydroxylation sites is 2. The first kappa shape index (κ1) is 18.7. The summed E-state index contributed by atoms with van der Waals surface area (Å²) >= 11 is 0. The zero-order valence-electron chi connectivity index (χ0n) is 16.0. The van der Waals surface area contributed by atoms with E-state index in [4.69, 9.17) is 4.74 Å². The maximum absolute atomic E-state index is 12.8. The van der Waals surface area contributed by atoms with Gasteiger partial charge in [0.05, 0.1) is 23.6 Å². The summed E-state index contributed by atoms with van der Waals surface area (Å²) in [6, 6.07) is 7.80. The molecule has 0 bridgehead atoms. The number of likely N-dealkylation sites (tertiary alicyclic amines) is 1. The number of rotatable bonds is 6. The Labute approximate surface area is 156 Å². The zero-order valence-corrected chi connectivity index (χ0v) is 16.0. The van der Waals surface area contributed by atoms with Crippen LogP contribution in [0.4, 0.5) is 5.69 Å². The van der Waals surface area contributed by atoms with Crippen LogP contribution in [0.3, 0.4) is 0 Å². The van der Waals surface area contributed by atoms with E-state index in [1.165, 1.54) is 6.42 Å². The third-order valence-corrected chi connectivity index (χ3v) is 5.33. The summed E-state index contributed by atoms with van der Waals surface area (Å²) in [5.41, 5.74) is 0.675. The maximum atomic E-state index is 12.8. The van der Waals surface area contributed by atoms with Crippen molar-refractivity contribution in [2.24, 2.45) is 11.8 Å². The minimum Gasteiger partial charge on any atom is -0.489 e. The second-order valence-corrected chi connectivity index (χ2v) is 7.69. The fourth-order valence-corrected chi connectivity index (χ4v) is 3.84. The average molecular weight is 358 g/mol. The minimum absolute atomic E-state index is 0.0355. The average Bonchev–Trinajstić information content (AvgIpc) is 3.43. The van der Waals surface area contributed by atoms with Gasteiger partial charge in [-0.2, -0.15) is 0 Å². The molecule has 1 aromatic carbocycles. The van der Waals surface area contributed by atoms with E-state index in [9.17, 15) is 9.59 Å². The summed E-state index contributed by atoms with van der Waals surface area (Å²) in [6.07, 6.45) is 5.05. The molecule has 1 N–H and O–H groups in total. The van der Waals surface area contributed by atoms with Gasteiger partial charge in [0.15, 0.2) is 0 Å². The Hall–Kier alpha value is -2.04. The van der Waals surface area contributed by atoms with Gasteiger partial charge in [-0.25, -0.2) is 0 Å². The SMILES string of the molecule is CCC1CCCCN1C(=O)C1CC1C(=O)Nc1ccccc1OC(C)C. The molecule has 3 unspecified atom stereocenters. The molecular weight excluding hydrogens is 328 g/mol. The van der Waals surface area contributed by atoms with Crippen molar-refractivity contribution in [3.63, 3.8) is 0 Å². The molecule has 5 heteroatoms. The van der Waals surface area contributed by atoms with Crippen LogP contribution in [0.2, 0.25) is 0 Å². The fraction of sp³-hybridized carbons (Fsp3) is 0.619. The lowest BCUT2D eigenvalue weighted by molar-refractivity contribution is -0.137. The van der Waals surface area contributed by atoms with E-state index in [1.807, 2.05) is 43.0 Å².